The first-order valence-corrected chi connectivity index (χ1v) is 6.41. The van der Waals surface area contributed by atoms with Gasteiger partial charge in [-0.2, -0.15) is 0 Å². The Morgan fingerprint density at radius 3 is 2.59 bits per heavy atom. The molecule has 2 rings (SSSR count). The highest BCUT2D eigenvalue weighted by Gasteiger charge is 2.21. The van der Waals surface area contributed by atoms with Gasteiger partial charge in [-0.1, -0.05) is 19.3 Å². The molecule has 1 aromatic heterocycles. The van der Waals surface area contributed by atoms with Crippen LogP contribution in [0.2, 0.25) is 0 Å². The van der Waals surface area contributed by atoms with E-state index in [0.29, 0.717) is 5.82 Å². The summed E-state index contributed by atoms with van der Waals surface area (Å²) in [6.45, 7) is 3.97. The summed E-state index contributed by atoms with van der Waals surface area (Å²) in [5.74, 6) is 1.02. The second kappa shape index (κ2) is 5.30. The molecule has 92 valence electrons. The van der Waals surface area contributed by atoms with Crippen LogP contribution in [0.25, 0.3) is 0 Å². The molecule has 0 spiro atoms. The summed E-state index contributed by atoms with van der Waals surface area (Å²) in [6.07, 6.45) is 5.68. The van der Waals surface area contributed by atoms with E-state index in [2.05, 4.69) is 10.3 Å². The molecule has 0 atom stereocenters. The molecule has 1 saturated carbocycles. The average molecular weight is 232 g/mol. The Morgan fingerprint density at radius 2 is 1.94 bits per heavy atom. The molecular formula is C14H20N2O. The van der Waals surface area contributed by atoms with Crippen molar-refractivity contribution in [3.05, 3.63) is 23.4 Å². The van der Waals surface area contributed by atoms with Crippen molar-refractivity contribution in [1.29, 1.82) is 0 Å². The molecule has 1 aliphatic carbocycles. The minimum atomic E-state index is 0.141. The maximum absolute atomic E-state index is 12.0. The number of aromatic nitrogens is 1. The van der Waals surface area contributed by atoms with Gasteiger partial charge in [-0.15, -0.1) is 0 Å². The van der Waals surface area contributed by atoms with Crippen molar-refractivity contribution in [3.8, 4) is 0 Å². The smallest absolute Gasteiger partial charge is 0.228 e. The lowest BCUT2D eigenvalue weighted by Gasteiger charge is -2.20. The van der Waals surface area contributed by atoms with Crippen LogP contribution in [0.1, 0.15) is 43.4 Å². The predicted octanol–water partition coefficient (Wildman–Crippen LogP) is 3.22. The highest BCUT2D eigenvalue weighted by Crippen LogP contribution is 2.24. The summed E-state index contributed by atoms with van der Waals surface area (Å²) < 4.78 is 0. The number of carbonyl (C=O) groups excluding carboxylic acids is 1. The molecule has 1 N–H and O–H groups in total. The maximum Gasteiger partial charge on any atom is 0.228 e. The van der Waals surface area contributed by atoms with Crippen LogP contribution < -0.4 is 5.32 Å². The van der Waals surface area contributed by atoms with Gasteiger partial charge >= 0.3 is 0 Å². The molecule has 1 fully saturated rings. The van der Waals surface area contributed by atoms with Gasteiger partial charge in [0.25, 0.3) is 0 Å². The number of amides is 1. The van der Waals surface area contributed by atoms with Crippen molar-refractivity contribution in [2.45, 2.75) is 46.0 Å². The van der Waals surface area contributed by atoms with Gasteiger partial charge in [0, 0.05) is 11.6 Å². The standard InChI is InChI=1S/C14H20N2O/c1-10-8-11(2)15-13(9-10)16-14(17)12-6-4-3-5-7-12/h8-9,12H,3-7H2,1-2H3,(H,15,16,17). The van der Waals surface area contributed by atoms with Crippen molar-refractivity contribution >= 4 is 11.7 Å². The van der Waals surface area contributed by atoms with Crippen LogP contribution >= 0.6 is 0 Å². The fourth-order valence-electron chi connectivity index (χ4n) is 2.50. The average Bonchev–Trinajstić information content (AvgIpc) is 2.28. The zero-order valence-electron chi connectivity index (χ0n) is 10.6. The minimum absolute atomic E-state index is 0.141. The van der Waals surface area contributed by atoms with Gasteiger partial charge in [0.1, 0.15) is 5.82 Å². The largest absolute Gasteiger partial charge is 0.310 e. The number of hydrogen-bond donors (Lipinski definition) is 1. The third kappa shape index (κ3) is 3.29. The minimum Gasteiger partial charge on any atom is -0.310 e. The molecule has 1 amide bonds. The number of aryl methyl sites for hydroxylation is 2. The number of anilines is 1. The Kier molecular flexibility index (Phi) is 3.77. The van der Waals surface area contributed by atoms with Crippen LogP contribution in [0.4, 0.5) is 5.82 Å². The molecule has 0 unspecified atom stereocenters. The molecule has 0 radical (unpaired) electrons. The van der Waals surface area contributed by atoms with Crippen LogP contribution in [0, 0.1) is 19.8 Å². The molecule has 0 aromatic carbocycles. The Morgan fingerprint density at radius 1 is 1.24 bits per heavy atom. The van der Waals surface area contributed by atoms with Gasteiger partial charge < -0.3 is 5.32 Å². The molecule has 3 nitrogen and oxygen atoms in total. The van der Waals surface area contributed by atoms with Crippen LogP contribution in [-0.4, -0.2) is 10.9 Å². The van der Waals surface area contributed by atoms with Crippen molar-refractivity contribution in [3.63, 3.8) is 0 Å². The normalized spacial score (nSPS) is 16.8. The lowest BCUT2D eigenvalue weighted by Crippen LogP contribution is -2.25. The quantitative estimate of drug-likeness (QED) is 0.850. The third-order valence-corrected chi connectivity index (χ3v) is 3.32. The summed E-state index contributed by atoms with van der Waals surface area (Å²) in [5.41, 5.74) is 2.08. The highest BCUT2D eigenvalue weighted by atomic mass is 16.1. The first kappa shape index (κ1) is 12.1. The van der Waals surface area contributed by atoms with Gasteiger partial charge in [0.05, 0.1) is 0 Å². The number of nitrogens with zero attached hydrogens (tertiary/aromatic N) is 1. The third-order valence-electron chi connectivity index (χ3n) is 3.32. The lowest BCUT2D eigenvalue weighted by atomic mass is 9.89. The van der Waals surface area contributed by atoms with Crippen molar-refractivity contribution < 1.29 is 4.79 Å². The van der Waals surface area contributed by atoms with Crippen molar-refractivity contribution in [2.75, 3.05) is 5.32 Å². The molecule has 3 heteroatoms. The van der Waals surface area contributed by atoms with Crippen LogP contribution in [-0.2, 0) is 4.79 Å². The number of carbonyl (C=O) groups is 1. The first-order chi connectivity index (χ1) is 8.15. The maximum atomic E-state index is 12.0. The summed E-state index contributed by atoms with van der Waals surface area (Å²) >= 11 is 0. The Hall–Kier alpha value is -1.38. The van der Waals surface area contributed by atoms with Crippen molar-refractivity contribution in [2.24, 2.45) is 5.92 Å². The van der Waals surface area contributed by atoms with E-state index in [1.165, 1.54) is 19.3 Å². The zero-order valence-corrected chi connectivity index (χ0v) is 10.6. The van der Waals surface area contributed by atoms with E-state index < -0.39 is 0 Å². The van der Waals surface area contributed by atoms with Gasteiger partial charge in [-0.3, -0.25) is 4.79 Å². The summed E-state index contributed by atoms with van der Waals surface area (Å²) in [6, 6.07) is 3.93. The zero-order chi connectivity index (χ0) is 12.3. The molecule has 1 aromatic rings. The van der Waals surface area contributed by atoms with Crippen LogP contribution in [0.3, 0.4) is 0 Å². The SMILES string of the molecule is Cc1cc(C)nc(NC(=O)C2CCCCC2)c1. The van der Waals surface area contributed by atoms with E-state index in [1.54, 1.807) is 0 Å². The molecule has 0 saturated heterocycles. The first-order valence-electron chi connectivity index (χ1n) is 6.41. The van der Waals surface area contributed by atoms with Gasteiger partial charge in [0.15, 0.2) is 0 Å². The Labute approximate surface area is 103 Å². The molecule has 17 heavy (non-hydrogen) atoms. The van der Waals surface area contributed by atoms with Gasteiger partial charge in [0.2, 0.25) is 5.91 Å². The van der Waals surface area contributed by atoms with Gasteiger partial charge in [-0.05, 0) is 44.4 Å². The summed E-state index contributed by atoms with van der Waals surface area (Å²) in [7, 11) is 0. The Balaban J connectivity index is 2.01. The molecule has 0 aliphatic heterocycles. The molecule has 1 aliphatic rings. The van der Waals surface area contributed by atoms with Crippen LogP contribution in [0.5, 0.6) is 0 Å². The number of rotatable bonds is 2. The summed E-state index contributed by atoms with van der Waals surface area (Å²) in [4.78, 5) is 16.4. The lowest BCUT2D eigenvalue weighted by molar-refractivity contribution is -0.120. The topological polar surface area (TPSA) is 42.0 Å². The Bertz CT molecular complexity index is 388. The summed E-state index contributed by atoms with van der Waals surface area (Å²) in [5, 5.41) is 2.94. The van der Waals surface area contributed by atoms with E-state index in [4.69, 9.17) is 0 Å². The van der Waals surface area contributed by atoms with Crippen LogP contribution in [0.15, 0.2) is 12.1 Å². The predicted molar refractivity (Wildman–Crippen MR) is 68.9 cm³/mol. The van der Waals surface area contributed by atoms with Gasteiger partial charge in [-0.25, -0.2) is 4.98 Å². The van der Waals surface area contributed by atoms with E-state index in [-0.39, 0.29) is 11.8 Å². The highest BCUT2D eigenvalue weighted by molar-refractivity contribution is 5.91. The second-order valence-electron chi connectivity index (χ2n) is 5.00. The fraction of sp³-hybridized carbons (Fsp3) is 0.571. The monoisotopic (exact) mass is 232 g/mol. The number of nitrogens with one attached hydrogen (secondary N) is 1. The van der Waals surface area contributed by atoms with E-state index in [9.17, 15) is 4.79 Å². The van der Waals surface area contributed by atoms with E-state index in [1.807, 2.05) is 26.0 Å². The number of hydrogen-bond acceptors (Lipinski definition) is 2. The fourth-order valence-corrected chi connectivity index (χ4v) is 2.50. The molecular weight excluding hydrogens is 212 g/mol. The molecule has 1 heterocycles. The van der Waals surface area contributed by atoms with Crippen molar-refractivity contribution in [1.82, 2.24) is 4.98 Å². The second-order valence-corrected chi connectivity index (χ2v) is 5.00. The molecule has 0 bridgehead atoms. The number of pyridine rings is 1. The van der Waals surface area contributed by atoms with E-state index >= 15 is 0 Å². The van der Waals surface area contributed by atoms with E-state index in [0.717, 1.165) is 24.1 Å².